The Morgan fingerprint density at radius 1 is 1.38 bits per heavy atom. The Balaban J connectivity index is 0.00000158. The number of aromatic nitrogens is 2. The van der Waals surface area contributed by atoms with Crippen molar-refractivity contribution in [1.29, 1.82) is 0 Å². The number of piperidine rings is 1. The molecule has 0 saturated carbocycles. The quantitative estimate of drug-likeness (QED) is 0.362. The Morgan fingerprint density at radius 3 is 2.71 bits per heavy atom. The Kier molecular flexibility index (Phi) is 7.70. The zero-order chi connectivity index (χ0) is 25.4. The molecule has 3 N–H and O–H groups in total. The molecule has 0 bridgehead atoms. The summed E-state index contributed by atoms with van der Waals surface area (Å²) < 4.78 is 58.4. The topological polar surface area (TPSA) is 102 Å². The summed E-state index contributed by atoms with van der Waals surface area (Å²) in [5, 5.41) is 5.90. The van der Waals surface area contributed by atoms with Gasteiger partial charge in [0.05, 0.1) is 0 Å². The van der Waals surface area contributed by atoms with Gasteiger partial charge in [-0.2, -0.15) is 0 Å². The molecule has 3 radical (unpaired) electrons. The van der Waals surface area contributed by atoms with E-state index < -0.39 is 39.0 Å². The van der Waals surface area contributed by atoms with Crippen molar-refractivity contribution in [2.45, 2.75) is 42.1 Å². The molecule has 1 aromatic heterocycles. The molecule has 1 aromatic carbocycles. The number of nitrogens with zero attached hydrogens (tertiary/aromatic N) is 3. The molecule has 1 spiro atoms. The first-order valence-corrected chi connectivity index (χ1v) is 13.0. The van der Waals surface area contributed by atoms with Crippen LogP contribution in [0.4, 0.5) is 33.9 Å². The van der Waals surface area contributed by atoms with Gasteiger partial charge in [-0.15, -0.1) is 0 Å². The van der Waals surface area contributed by atoms with Crippen LogP contribution >= 0.6 is 11.6 Å². The average molecular weight is 698 g/mol. The Labute approximate surface area is 213 Å². The molecule has 0 aliphatic carbocycles. The number of benzene rings is 1. The van der Waals surface area contributed by atoms with Gasteiger partial charge in [0.2, 0.25) is 0 Å². The van der Waals surface area contributed by atoms with Crippen LogP contribution in [0.3, 0.4) is 0 Å². The van der Waals surface area contributed by atoms with Gasteiger partial charge < -0.3 is 0 Å². The van der Waals surface area contributed by atoms with Crippen LogP contribution in [0.5, 0.6) is 0 Å². The number of hydrogen-bond acceptors (Lipinski definition) is 5. The maximum atomic E-state index is 15.0. The zero-order valence-corrected chi connectivity index (χ0v) is 22.8. The standard InChI is InChI=1S/C18H15ClF4N5O3.C2H6.Pb/c19-10-2-3-11-12(13(10)20)17(31-16(30)26-11)4-1-5-27(7-17)15(29)9-6-25-28(14(9)24)8-18(21,22)23;1-2;/h2-3,6,8H,1,4-5,7,24H2,(H,26,30);1-2H3;/t17-;;/m0../s1. The molecule has 2 aromatic rings. The summed E-state index contributed by atoms with van der Waals surface area (Å²) in [4.78, 5) is 26.5. The molecular formula is C20H21ClF4N5O3Pb. The van der Waals surface area contributed by atoms with Crippen molar-refractivity contribution < 1.29 is 31.9 Å². The Hall–Kier alpha value is -2.10. The SMILES string of the molecule is CC.Nc1c(C(=O)N2CCC[C@@]3(C2)OC(=O)Nc2ccc(Cl)c(F)c23)cnn1[CH]([Pb])C(F)(F)F. The second-order valence-electron chi connectivity index (χ2n) is 7.46. The predicted octanol–water partition coefficient (Wildman–Crippen LogP) is 4.21. The van der Waals surface area contributed by atoms with Crippen LogP contribution < -0.4 is 11.1 Å². The fourth-order valence-electron chi connectivity index (χ4n) is 4.00. The van der Waals surface area contributed by atoms with E-state index in [0.717, 1.165) is 6.20 Å². The summed E-state index contributed by atoms with van der Waals surface area (Å²) in [5.41, 5.74) is 4.30. The number of ether oxygens (including phenoxy) is 1. The second kappa shape index (κ2) is 9.87. The molecule has 1 unspecified atom stereocenters. The number of fused-ring (bicyclic) bond motifs is 2. The molecular weight excluding hydrogens is 677 g/mol. The van der Waals surface area contributed by atoms with E-state index in [4.69, 9.17) is 22.1 Å². The summed E-state index contributed by atoms with van der Waals surface area (Å²) in [7, 11) is 0. The third-order valence-corrected chi connectivity index (χ3v) is 7.95. The minimum absolute atomic E-state index is 0.0162. The van der Waals surface area contributed by atoms with E-state index in [9.17, 15) is 27.2 Å². The fraction of sp³-hybridized carbons (Fsp3) is 0.450. The Morgan fingerprint density at radius 2 is 2.06 bits per heavy atom. The van der Waals surface area contributed by atoms with Gasteiger partial charge in [-0.3, -0.25) is 0 Å². The first kappa shape index (κ1) is 26.5. The molecule has 3 heterocycles. The van der Waals surface area contributed by atoms with E-state index in [1.54, 1.807) is 0 Å². The monoisotopic (exact) mass is 698 g/mol. The zero-order valence-electron chi connectivity index (χ0n) is 18.2. The third kappa shape index (κ3) is 4.70. The maximum absolute atomic E-state index is 15.0. The summed E-state index contributed by atoms with van der Waals surface area (Å²) in [6.45, 7) is 3.98. The van der Waals surface area contributed by atoms with Gasteiger partial charge in [0.25, 0.3) is 0 Å². The average Bonchev–Trinajstić information content (AvgIpc) is 3.16. The van der Waals surface area contributed by atoms with Crippen molar-refractivity contribution in [1.82, 2.24) is 14.7 Å². The second-order valence-corrected chi connectivity index (χ2v) is 9.99. The molecule has 34 heavy (non-hydrogen) atoms. The number of nitrogens with two attached hydrogens (primary N) is 1. The van der Waals surface area contributed by atoms with Crippen LogP contribution in [0.1, 0.15) is 46.2 Å². The van der Waals surface area contributed by atoms with Gasteiger partial charge in [-0.25, -0.2) is 0 Å². The Bertz CT molecular complexity index is 1110. The molecule has 2 aliphatic heterocycles. The number of likely N-dealkylation sites (tertiary alicyclic amines) is 1. The van der Waals surface area contributed by atoms with Gasteiger partial charge in [-0.1, -0.05) is 13.8 Å². The van der Waals surface area contributed by atoms with E-state index >= 15 is 0 Å². The molecule has 183 valence electrons. The third-order valence-electron chi connectivity index (χ3n) is 5.44. The number of nitrogen functional groups attached to an aromatic ring is 1. The number of alkyl halides is 3. The van der Waals surface area contributed by atoms with E-state index in [1.807, 2.05) is 13.8 Å². The van der Waals surface area contributed by atoms with E-state index in [-0.39, 0.29) is 67.1 Å². The van der Waals surface area contributed by atoms with Gasteiger partial charge in [-0.05, 0) is 0 Å². The molecule has 8 nitrogen and oxygen atoms in total. The molecule has 1 saturated heterocycles. The van der Waals surface area contributed by atoms with Gasteiger partial charge in [0.15, 0.2) is 0 Å². The molecule has 14 heteroatoms. The number of halogens is 5. The summed E-state index contributed by atoms with van der Waals surface area (Å²) in [6.07, 6.45) is -3.82. The summed E-state index contributed by atoms with van der Waals surface area (Å²) in [6, 6.07) is 2.73. The fourth-order valence-corrected chi connectivity index (χ4v) is 4.96. The van der Waals surface area contributed by atoms with Gasteiger partial charge in [0, 0.05) is 0 Å². The van der Waals surface area contributed by atoms with Gasteiger partial charge in [0.1, 0.15) is 0 Å². The molecule has 2 amide bonds. The van der Waals surface area contributed by atoms with Crippen molar-refractivity contribution in [3.63, 3.8) is 0 Å². The summed E-state index contributed by atoms with van der Waals surface area (Å²) in [5.74, 6) is -1.89. The first-order valence-electron chi connectivity index (χ1n) is 10.3. The van der Waals surface area contributed by atoms with E-state index in [1.165, 1.54) is 17.0 Å². The number of anilines is 2. The van der Waals surface area contributed by atoms with Crippen LogP contribution in [0.25, 0.3) is 0 Å². The number of hydrogen-bond donors (Lipinski definition) is 2. The number of carbonyl (C=O) groups excluding carboxylic acids is 2. The van der Waals surface area contributed by atoms with Crippen molar-refractivity contribution in [3.8, 4) is 0 Å². The van der Waals surface area contributed by atoms with Crippen LogP contribution in [0.15, 0.2) is 18.3 Å². The van der Waals surface area contributed by atoms with Crippen LogP contribution in [-0.2, 0) is 10.3 Å². The van der Waals surface area contributed by atoms with Crippen molar-refractivity contribution in [2.75, 3.05) is 24.1 Å². The normalized spacial score (nSPS) is 20.6. The minimum atomic E-state index is -4.55. The van der Waals surface area contributed by atoms with Gasteiger partial charge >= 0.3 is 200 Å². The van der Waals surface area contributed by atoms with E-state index in [2.05, 4.69) is 10.4 Å². The van der Waals surface area contributed by atoms with Crippen LogP contribution in [0.2, 0.25) is 5.02 Å². The summed E-state index contributed by atoms with van der Waals surface area (Å²) >= 11 is 5.61. The molecule has 2 atom stereocenters. The van der Waals surface area contributed by atoms with E-state index in [0.29, 0.717) is 11.1 Å². The number of amides is 2. The number of rotatable bonds is 2. The van der Waals surface area contributed by atoms with Crippen molar-refractivity contribution in [3.05, 3.63) is 40.3 Å². The first-order chi connectivity index (χ1) is 15.9. The number of nitrogens with one attached hydrogen (secondary N) is 1. The van der Waals surface area contributed by atoms with Crippen molar-refractivity contribution >= 4 is 60.9 Å². The molecule has 4 rings (SSSR count). The molecule has 1 fully saturated rings. The van der Waals surface area contributed by atoms with Crippen molar-refractivity contribution in [2.24, 2.45) is 0 Å². The molecule has 2 aliphatic rings. The number of carbonyl (C=O) groups is 2. The van der Waals surface area contributed by atoms with Crippen LogP contribution in [0, 0.1) is 5.82 Å². The van der Waals surface area contributed by atoms with Crippen LogP contribution in [-0.4, -0.2) is 71.7 Å². The predicted molar refractivity (Wildman–Crippen MR) is 117 cm³/mol.